The van der Waals surface area contributed by atoms with E-state index in [0.29, 0.717) is 11.1 Å². The third kappa shape index (κ3) is 3.23. The number of ketones is 2. The van der Waals surface area contributed by atoms with Crippen LogP contribution in [0, 0.1) is 0 Å². The zero-order valence-corrected chi connectivity index (χ0v) is 11.5. The smallest absolute Gasteiger partial charge is 0.375 e. The fraction of sp³-hybridized carbons (Fsp3) is 0.118. The first-order valence-corrected chi connectivity index (χ1v) is 6.41. The number of methoxy groups -OCH3 is 1. The molecule has 21 heavy (non-hydrogen) atoms. The van der Waals surface area contributed by atoms with Crippen molar-refractivity contribution in [1.29, 1.82) is 0 Å². The second-order valence-corrected chi connectivity index (χ2v) is 4.43. The van der Waals surface area contributed by atoms with Crippen molar-refractivity contribution in [2.75, 3.05) is 7.11 Å². The highest BCUT2D eigenvalue weighted by molar-refractivity contribution is 6.41. The molecular formula is C17H14O4. The minimum atomic E-state index is -1.18. The van der Waals surface area contributed by atoms with Gasteiger partial charge in [-0.2, -0.15) is 0 Å². The molecule has 106 valence electrons. The SMILES string of the molecule is COC(=O)C(=O)C(C(=O)c1ccccc1)c1ccccc1. The van der Waals surface area contributed by atoms with Crippen LogP contribution in [-0.2, 0) is 14.3 Å². The fourth-order valence-electron chi connectivity index (χ4n) is 2.05. The Balaban J connectivity index is 2.44. The number of carbonyl (C=O) groups is 3. The topological polar surface area (TPSA) is 60.4 Å². The van der Waals surface area contributed by atoms with Crippen molar-refractivity contribution in [3.8, 4) is 0 Å². The van der Waals surface area contributed by atoms with E-state index in [1.807, 2.05) is 0 Å². The average molecular weight is 282 g/mol. The van der Waals surface area contributed by atoms with Gasteiger partial charge in [0.15, 0.2) is 5.78 Å². The number of carbonyl (C=O) groups excluding carboxylic acids is 3. The Hall–Kier alpha value is -2.75. The molecule has 0 aliphatic rings. The Bertz CT molecular complexity index is 647. The average Bonchev–Trinajstić information content (AvgIpc) is 2.56. The number of benzene rings is 2. The molecule has 2 rings (SSSR count). The summed E-state index contributed by atoms with van der Waals surface area (Å²) in [6, 6.07) is 16.9. The van der Waals surface area contributed by atoms with Gasteiger partial charge in [-0.1, -0.05) is 60.7 Å². The predicted molar refractivity (Wildman–Crippen MR) is 77.0 cm³/mol. The highest BCUT2D eigenvalue weighted by atomic mass is 16.5. The van der Waals surface area contributed by atoms with Crippen LogP contribution in [0.15, 0.2) is 60.7 Å². The molecule has 0 fully saturated rings. The van der Waals surface area contributed by atoms with Gasteiger partial charge in [0, 0.05) is 5.56 Å². The van der Waals surface area contributed by atoms with Crippen LogP contribution >= 0.6 is 0 Å². The lowest BCUT2D eigenvalue weighted by Gasteiger charge is -2.14. The molecule has 0 aliphatic carbocycles. The summed E-state index contributed by atoms with van der Waals surface area (Å²) in [4.78, 5) is 36.3. The number of esters is 1. The first-order valence-electron chi connectivity index (χ1n) is 6.41. The maximum absolute atomic E-state index is 12.6. The van der Waals surface area contributed by atoms with Crippen LogP contribution in [0.3, 0.4) is 0 Å². The van der Waals surface area contributed by atoms with E-state index in [-0.39, 0.29) is 0 Å². The van der Waals surface area contributed by atoms with E-state index >= 15 is 0 Å². The van der Waals surface area contributed by atoms with Crippen LogP contribution in [0.2, 0.25) is 0 Å². The van der Waals surface area contributed by atoms with E-state index in [4.69, 9.17) is 0 Å². The lowest BCUT2D eigenvalue weighted by atomic mass is 9.87. The quantitative estimate of drug-likeness (QED) is 0.365. The molecule has 0 aromatic heterocycles. The summed E-state index contributed by atoms with van der Waals surface area (Å²) in [6.07, 6.45) is 0. The number of hydrogen-bond acceptors (Lipinski definition) is 4. The van der Waals surface area contributed by atoms with Crippen molar-refractivity contribution in [2.45, 2.75) is 5.92 Å². The first kappa shape index (κ1) is 14.7. The Kier molecular flexibility index (Phi) is 4.61. The van der Waals surface area contributed by atoms with Crippen LogP contribution in [0.5, 0.6) is 0 Å². The van der Waals surface area contributed by atoms with Gasteiger partial charge in [0.05, 0.1) is 7.11 Å². The molecule has 0 saturated carbocycles. The van der Waals surface area contributed by atoms with E-state index in [9.17, 15) is 14.4 Å². The highest BCUT2D eigenvalue weighted by Crippen LogP contribution is 2.22. The van der Waals surface area contributed by atoms with Gasteiger partial charge in [0.2, 0.25) is 0 Å². The van der Waals surface area contributed by atoms with E-state index in [2.05, 4.69) is 4.74 Å². The molecule has 0 bridgehead atoms. The van der Waals surface area contributed by atoms with Crippen LogP contribution in [0.25, 0.3) is 0 Å². The van der Waals surface area contributed by atoms with E-state index in [0.717, 1.165) is 7.11 Å². The maximum atomic E-state index is 12.6. The summed E-state index contributed by atoms with van der Waals surface area (Å²) in [5, 5.41) is 0. The molecule has 0 radical (unpaired) electrons. The zero-order valence-electron chi connectivity index (χ0n) is 11.5. The first-order chi connectivity index (χ1) is 10.1. The second-order valence-electron chi connectivity index (χ2n) is 4.43. The van der Waals surface area contributed by atoms with Crippen LogP contribution < -0.4 is 0 Å². The number of ether oxygens (including phenoxy) is 1. The third-order valence-electron chi connectivity index (χ3n) is 3.10. The van der Waals surface area contributed by atoms with Gasteiger partial charge in [0.25, 0.3) is 5.78 Å². The minimum Gasteiger partial charge on any atom is -0.463 e. The van der Waals surface area contributed by atoms with Crippen LogP contribution in [0.4, 0.5) is 0 Å². The summed E-state index contributed by atoms with van der Waals surface area (Å²) in [5.41, 5.74) is 0.852. The number of hydrogen-bond donors (Lipinski definition) is 0. The Morgan fingerprint density at radius 1 is 0.857 bits per heavy atom. The molecule has 0 amide bonds. The third-order valence-corrected chi connectivity index (χ3v) is 3.10. The molecule has 4 nitrogen and oxygen atoms in total. The van der Waals surface area contributed by atoms with Gasteiger partial charge in [0.1, 0.15) is 5.92 Å². The Morgan fingerprint density at radius 2 is 1.38 bits per heavy atom. The van der Waals surface area contributed by atoms with E-state index in [1.54, 1.807) is 60.7 Å². The van der Waals surface area contributed by atoms with Crippen LogP contribution in [0.1, 0.15) is 21.8 Å². The zero-order chi connectivity index (χ0) is 15.2. The minimum absolute atomic E-state index is 0.378. The largest absolute Gasteiger partial charge is 0.463 e. The van der Waals surface area contributed by atoms with Crippen molar-refractivity contribution >= 4 is 17.5 Å². The van der Waals surface area contributed by atoms with Crippen molar-refractivity contribution in [2.24, 2.45) is 0 Å². The normalized spacial score (nSPS) is 11.5. The van der Waals surface area contributed by atoms with Gasteiger partial charge >= 0.3 is 5.97 Å². The summed E-state index contributed by atoms with van der Waals surface area (Å²) >= 11 is 0. The van der Waals surface area contributed by atoms with E-state index in [1.165, 1.54) is 0 Å². The Morgan fingerprint density at radius 3 is 1.90 bits per heavy atom. The van der Waals surface area contributed by atoms with Gasteiger partial charge in [-0.25, -0.2) is 4.79 Å². The highest BCUT2D eigenvalue weighted by Gasteiger charge is 2.34. The summed E-state index contributed by atoms with van der Waals surface area (Å²) in [6.45, 7) is 0. The van der Waals surface area contributed by atoms with Gasteiger partial charge in [-0.3, -0.25) is 9.59 Å². The monoisotopic (exact) mass is 282 g/mol. The summed E-state index contributed by atoms with van der Waals surface area (Å²) in [5.74, 6) is -3.48. The number of Topliss-reactive ketones (excluding diaryl/α,β-unsaturated/α-hetero) is 2. The molecule has 0 aliphatic heterocycles. The number of rotatable bonds is 5. The second kappa shape index (κ2) is 6.61. The van der Waals surface area contributed by atoms with Crippen molar-refractivity contribution in [3.05, 3.63) is 71.8 Å². The lowest BCUT2D eigenvalue weighted by Crippen LogP contribution is -2.29. The van der Waals surface area contributed by atoms with Gasteiger partial charge < -0.3 is 4.74 Å². The molecule has 1 atom stereocenters. The molecule has 4 heteroatoms. The van der Waals surface area contributed by atoms with Gasteiger partial charge in [-0.15, -0.1) is 0 Å². The molecule has 0 saturated heterocycles. The molecule has 0 heterocycles. The lowest BCUT2D eigenvalue weighted by molar-refractivity contribution is -0.151. The summed E-state index contributed by atoms with van der Waals surface area (Å²) in [7, 11) is 1.12. The van der Waals surface area contributed by atoms with E-state index < -0.39 is 23.5 Å². The van der Waals surface area contributed by atoms with Crippen molar-refractivity contribution in [1.82, 2.24) is 0 Å². The standard InChI is InChI=1S/C17H14O4/c1-21-17(20)16(19)14(12-8-4-2-5-9-12)15(18)13-10-6-3-7-11-13/h2-11,14H,1H3. The van der Waals surface area contributed by atoms with Crippen molar-refractivity contribution in [3.63, 3.8) is 0 Å². The maximum Gasteiger partial charge on any atom is 0.375 e. The molecule has 1 unspecified atom stereocenters. The Labute approximate surface area is 122 Å². The fourth-order valence-corrected chi connectivity index (χ4v) is 2.05. The summed E-state index contributed by atoms with van der Waals surface area (Å²) < 4.78 is 4.46. The molecule has 0 N–H and O–H groups in total. The molecule has 0 spiro atoms. The molecular weight excluding hydrogens is 268 g/mol. The predicted octanol–water partition coefficient (Wildman–Crippen LogP) is 2.40. The van der Waals surface area contributed by atoms with Gasteiger partial charge in [-0.05, 0) is 5.56 Å². The molecule has 2 aromatic carbocycles. The molecule has 2 aromatic rings. The van der Waals surface area contributed by atoms with Crippen molar-refractivity contribution < 1.29 is 19.1 Å². The van der Waals surface area contributed by atoms with Crippen LogP contribution in [-0.4, -0.2) is 24.6 Å².